The fourth-order valence-corrected chi connectivity index (χ4v) is 2.32. The molecule has 0 fully saturated rings. The number of nitrogens with zero attached hydrogens (tertiary/aromatic N) is 1. The van der Waals surface area contributed by atoms with Crippen LogP contribution in [0.1, 0.15) is 28.4 Å². The van der Waals surface area contributed by atoms with Gasteiger partial charge in [0.05, 0.1) is 6.61 Å². The van der Waals surface area contributed by atoms with Crippen molar-refractivity contribution in [2.75, 3.05) is 13.7 Å². The lowest BCUT2D eigenvalue weighted by Crippen LogP contribution is -2.36. The molecule has 140 valence electrons. The molecular weight excluding hydrogens is 443 g/mol. The van der Waals surface area contributed by atoms with Crippen molar-refractivity contribution in [2.24, 2.45) is 10.7 Å². The molecule has 0 aliphatic heterocycles. The Hall–Kier alpha value is -2.29. The van der Waals surface area contributed by atoms with Crippen LogP contribution in [0.2, 0.25) is 0 Å². The average molecular weight is 468 g/mol. The molecule has 0 heterocycles. The normalized spacial score (nSPS) is 10.6. The Balaban J connectivity index is 0.00000338. The highest BCUT2D eigenvalue weighted by molar-refractivity contribution is 14.0. The van der Waals surface area contributed by atoms with E-state index in [9.17, 15) is 4.79 Å². The standard InChI is InChI=1S/C19H24N4O2.HI/c1-3-25-17-7-5-4-6-16(17)13-23-19(21-2)22-12-14-8-10-15(11-9-14)18(20)24;/h4-11H,3,12-13H2,1-2H3,(H2,20,24)(H2,21,22,23);1H. The summed E-state index contributed by atoms with van der Waals surface area (Å²) in [4.78, 5) is 15.3. The minimum atomic E-state index is -0.426. The van der Waals surface area contributed by atoms with Crippen LogP contribution >= 0.6 is 24.0 Å². The van der Waals surface area contributed by atoms with Crippen LogP contribution in [0.5, 0.6) is 5.75 Å². The largest absolute Gasteiger partial charge is 0.494 e. The van der Waals surface area contributed by atoms with Gasteiger partial charge in [-0.05, 0) is 30.7 Å². The molecule has 0 saturated carbocycles. The molecule has 0 aliphatic rings. The molecule has 1 amide bonds. The molecule has 0 aromatic heterocycles. The summed E-state index contributed by atoms with van der Waals surface area (Å²) in [6.07, 6.45) is 0. The van der Waals surface area contributed by atoms with Gasteiger partial charge >= 0.3 is 0 Å². The van der Waals surface area contributed by atoms with E-state index in [1.54, 1.807) is 19.2 Å². The Morgan fingerprint density at radius 1 is 1.08 bits per heavy atom. The molecule has 0 atom stereocenters. The number of halogens is 1. The van der Waals surface area contributed by atoms with Crippen molar-refractivity contribution in [3.05, 3.63) is 65.2 Å². The van der Waals surface area contributed by atoms with Gasteiger partial charge in [-0.2, -0.15) is 0 Å². The molecule has 0 bridgehead atoms. The summed E-state index contributed by atoms with van der Waals surface area (Å²) >= 11 is 0. The van der Waals surface area contributed by atoms with Crippen LogP contribution in [0.25, 0.3) is 0 Å². The van der Waals surface area contributed by atoms with Crippen molar-refractivity contribution in [3.63, 3.8) is 0 Å². The fourth-order valence-electron chi connectivity index (χ4n) is 2.32. The quantitative estimate of drug-likeness (QED) is 0.331. The predicted molar refractivity (Wildman–Crippen MR) is 115 cm³/mol. The summed E-state index contributed by atoms with van der Waals surface area (Å²) < 4.78 is 5.62. The smallest absolute Gasteiger partial charge is 0.248 e. The lowest BCUT2D eigenvalue weighted by Gasteiger charge is -2.14. The Kier molecular flexibility index (Phi) is 9.50. The number of nitrogens with one attached hydrogen (secondary N) is 2. The van der Waals surface area contributed by atoms with Crippen molar-refractivity contribution in [3.8, 4) is 5.75 Å². The van der Waals surface area contributed by atoms with Gasteiger partial charge in [-0.15, -0.1) is 24.0 Å². The third kappa shape index (κ3) is 6.55. The molecule has 0 spiro atoms. The van der Waals surface area contributed by atoms with Crippen molar-refractivity contribution in [1.82, 2.24) is 10.6 Å². The number of para-hydroxylation sites is 1. The second-order valence-electron chi connectivity index (χ2n) is 5.38. The van der Waals surface area contributed by atoms with E-state index >= 15 is 0 Å². The summed E-state index contributed by atoms with van der Waals surface area (Å²) in [6.45, 7) is 3.79. The summed E-state index contributed by atoms with van der Waals surface area (Å²) in [5.41, 5.74) is 7.84. The summed E-state index contributed by atoms with van der Waals surface area (Å²) in [5.74, 6) is 1.13. The monoisotopic (exact) mass is 468 g/mol. The molecule has 0 radical (unpaired) electrons. The maximum Gasteiger partial charge on any atom is 0.248 e. The molecule has 0 unspecified atom stereocenters. The maximum atomic E-state index is 11.1. The van der Waals surface area contributed by atoms with Gasteiger partial charge in [0.15, 0.2) is 5.96 Å². The third-order valence-corrected chi connectivity index (χ3v) is 3.64. The Labute approximate surface area is 171 Å². The minimum absolute atomic E-state index is 0. The number of aliphatic imine (C=N–C) groups is 1. The topological polar surface area (TPSA) is 88.7 Å². The van der Waals surface area contributed by atoms with Crippen LogP contribution in [0, 0.1) is 0 Å². The lowest BCUT2D eigenvalue weighted by molar-refractivity contribution is 0.100. The van der Waals surface area contributed by atoms with Crippen molar-refractivity contribution < 1.29 is 9.53 Å². The third-order valence-electron chi connectivity index (χ3n) is 3.64. The first-order valence-electron chi connectivity index (χ1n) is 8.18. The minimum Gasteiger partial charge on any atom is -0.494 e. The van der Waals surface area contributed by atoms with Gasteiger partial charge in [0, 0.05) is 31.3 Å². The van der Waals surface area contributed by atoms with Crippen molar-refractivity contribution in [1.29, 1.82) is 0 Å². The summed E-state index contributed by atoms with van der Waals surface area (Å²) in [7, 11) is 1.72. The molecule has 6 nitrogen and oxygen atoms in total. The van der Waals surface area contributed by atoms with Gasteiger partial charge in [0.2, 0.25) is 5.91 Å². The van der Waals surface area contributed by atoms with Crippen LogP contribution in [0.3, 0.4) is 0 Å². The van der Waals surface area contributed by atoms with E-state index in [0.29, 0.717) is 31.2 Å². The second kappa shape index (κ2) is 11.3. The number of hydrogen-bond acceptors (Lipinski definition) is 3. The van der Waals surface area contributed by atoms with Gasteiger partial charge in [0.25, 0.3) is 0 Å². The zero-order valence-electron chi connectivity index (χ0n) is 15.0. The highest BCUT2D eigenvalue weighted by Crippen LogP contribution is 2.17. The molecule has 26 heavy (non-hydrogen) atoms. The predicted octanol–water partition coefficient (Wildman–Crippen LogP) is 2.67. The van der Waals surface area contributed by atoms with E-state index in [-0.39, 0.29) is 24.0 Å². The molecule has 2 rings (SSSR count). The summed E-state index contributed by atoms with van der Waals surface area (Å²) in [6, 6.07) is 15.1. The maximum absolute atomic E-state index is 11.1. The number of carbonyl (C=O) groups is 1. The van der Waals surface area contributed by atoms with Gasteiger partial charge in [-0.25, -0.2) is 0 Å². The average Bonchev–Trinajstić information content (AvgIpc) is 2.63. The van der Waals surface area contributed by atoms with E-state index in [1.165, 1.54) is 0 Å². The fraction of sp³-hybridized carbons (Fsp3) is 0.263. The molecule has 7 heteroatoms. The molecule has 2 aromatic rings. The van der Waals surface area contributed by atoms with Crippen LogP contribution in [0.4, 0.5) is 0 Å². The van der Waals surface area contributed by atoms with Gasteiger partial charge < -0.3 is 21.1 Å². The van der Waals surface area contributed by atoms with Gasteiger partial charge in [-0.1, -0.05) is 30.3 Å². The number of guanidine groups is 1. The van der Waals surface area contributed by atoms with Gasteiger partial charge in [0.1, 0.15) is 5.75 Å². The zero-order chi connectivity index (χ0) is 18.1. The number of amides is 1. The second-order valence-corrected chi connectivity index (χ2v) is 5.38. The van der Waals surface area contributed by atoms with E-state index < -0.39 is 5.91 Å². The highest BCUT2D eigenvalue weighted by Gasteiger charge is 2.05. The number of hydrogen-bond donors (Lipinski definition) is 3. The zero-order valence-corrected chi connectivity index (χ0v) is 17.3. The number of benzene rings is 2. The number of rotatable bonds is 7. The van der Waals surface area contributed by atoms with Crippen molar-refractivity contribution in [2.45, 2.75) is 20.0 Å². The number of primary amides is 1. The van der Waals surface area contributed by atoms with Gasteiger partial charge in [-0.3, -0.25) is 9.79 Å². The first kappa shape index (κ1) is 21.8. The van der Waals surface area contributed by atoms with Crippen LogP contribution in [-0.2, 0) is 13.1 Å². The molecule has 0 aliphatic carbocycles. The van der Waals surface area contributed by atoms with Crippen molar-refractivity contribution >= 4 is 35.8 Å². The molecule has 2 aromatic carbocycles. The number of nitrogens with two attached hydrogens (primary N) is 1. The lowest BCUT2D eigenvalue weighted by atomic mass is 10.1. The molecule has 0 saturated heterocycles. The Bertz CT molecular complexity index is 733. The highest BCUT2D eigenvalue weighted by atomic mass is 127. The van der Waals surface area contributed by atoms with E-state index in [4.69, 9.17) is 10.5 Å². The number of ether oxygens (including phenoxy) is 1. The van der Waals surface area contributed by atoms with E-state index in [2.05, 4.69) is 15.6 Å². The van der Waals surface area contributed by atoms with Crippen LogP contribution in [-0.4, -0.2) is 25.5 Å². The van der Waals surface area contributed by atoms with Crippen LogP contribution < -0.4 is 21.1 Å². The first-order valence-corrected chi connectivity index (χ1v) is 8.18. The summed E-state index contributed by atoms with van der Waals surface area (Å²) in [5, 5.41) is 6.51. The van der Waals surface area contributed by atoms with E-state index in [0.717, 1.165) is 16.9 Å². The Morgan fingerprint density at radius 3 is 2.35 bits per heavy atom. The molecule has 4 N–H and O–H groups in total. The van der Waals surface area contributed by atoms with Crippen LogP contribution in [0.15, 0.2) is 53.5 Å². The van der Waals surface area contributed by atoms with E-state index in [1.807, 2.05) is 43.3 Å². The number of carbonyl (C=O) groups excluding carboxylic acids is 1. The first-order chi connectivity index (χ1) is 12.1. The molecular formula is C19H25IN4O2. The SMILES string of the molecule is CCOc1ccccc1CNC(=NC)NCc1ccc(C(N)=O)cc1.I. The Morgan fingerprint density at radius 2 is 1.73 bits per heavy atom.